The Labute approximate surface area is 226 Å². The molecule has 0 radical (unpaired) electrons. The number of carboxylic acid groups (broad SMARTS) is 1. The third-order valence-corrected chi connectivity index (χ3v) is 7.47. The van der Waals surface area contributed by atoms with Crippen LogP contribution in [0.1, 0.15) is 59.6 Å². The molecule has 192 valence electrons. The van der Waals surface area contributed by atoms with Crippen LogP contribution in [0.15, 0.2) is 89.5 Å². The molecule has 8 heteroatoms. The van der Waals surface area contributed by atoms with Crippen molar-refractivity contribution in [3.63, 3.8) is 0 Å². The van der Waals surface area contributed by atoms with E-state index in [9.17, 15) is 9.90 Å². The summed E-state index contributed by atoms with van der Waals surface area (Å²) in [5.74, 6) is 1.27. The minimum absolute atomic E-state index is 0.229. The molecule has 1 aliphatic carbocycles. The van der Waals surface area contributed by atoms with Gasteiger partial charge in [-0.2, -0.15) is 0 Å². The molecule has 2 aromatic heterocycles. The van der Waals surface area contributed by atoms with E-state index in [2.05, 4.69) is 15.2 Å². The zero-order chi connectivity index (χ0) is 26.1. The predicted molar refractivity (Wildman–Crippen MR) is 148 cm³/mol. The molecule has 2 N–H and O–H groups in total. The molecule has 1 saturated heterocycles. The highest BCUT2D eigenvalue weighted by molar-refractivity contribution is 7.80. The Balaban J connectivity index is 1.33. The van der Waals surface area contributed by atoms with E-state index < -0.39 is 5.97 Å². The lowest BCUT2D eigenvalue weighted by Crippen LogP contribution is -2.29. The SMILES string of the molecule is O=C(O)c1ccc(-c2ccc([C@H]3[C@@H](c4ccccn4)NC(=S)N3c3ccc(OC4CCCC4)cc3)o2)cc1. The number of rotatable bonds is 7. The van der Waals surface area contributed by atoms with E-state index in [0.717, 1.165) is 41.3 Å². The van der Waals surface area contributed by atoms with Crippen LogP contribution < -0.4 is 15.0 Å². The van der Waals surface area contributed by atoms with E-state index in [4.69, 9.17) is 21.4 Å². The number of carboxylic acids is 1. The lowest BCUT2D eigenvalue weighted by molar-refractivity contribution is 0.0697. The van der Waals surface area contributed by atoms with Crippen molar-refractivity contribution in [2.45, 2.75) is 43.9 Å². The number of furan rings is 1. The number of carbonyl (C=O) groups is 1. The van der Waals surface area contributed by atoms with Crippen molar-refractivity contribution in [1.29, 1.82) is 0 Å². The van der Waals surface area contributed by atoms with Crippen molar-refractivity contribution in [3.05, 3.63) is 102 Å². The van der Waals surface area contributed by atoms with Crippen LogP contribution in [-0.4, -0.2) is 27.3 Å². The maximum Gasteiger partial charge on any atom is 0.335 e. The highest BCUT2D eigenvalue weighted by atomic mass is 32.1. The standard InChI is InChI=1S/C30H27N3O4S/c34-29(35)20-10-8-19(9-11-20)25-16-17-26(37-25)28-27(24-7-3-4-18-31-24)32-30(38)33(28)21-12-14-23(15-13-21)36-22-5-1-2-6-22/h3-4,7-18,22,27-28H,1-2,5-6H2,(H,32,38)(H,34,35)/t27-,28+/m1/s1. The highest BCUT2D eigenvalue weighted by Gasteiger charge is 2.42. The first-order valence-corrected chi connectivity index (χ1v) is 13.2. The normalized spacial score (nSPS) is 19.5. The summed E-state index contributed by atoms with van der Waals surface area (Å²) in [5, 5.41) is 13.2. The summed E-state index contributed by atoms with van der Waals surface area (Å²) < 4.78 is 12.5. The zero-order valence-corrected chi connectivity index (χ0v) is 21.4. The molecule has 2 fully saturated rings. The van der Waals surface area contributed by atoms with Gasteiger partial charge in [0.1, 0.15) is 23.3 Å². The van der Waals surface area contributed by atoms with Gasteiger partial charge in [0.15, 0.2) is 5.11 Å². The van der Waals surface area contributed by atoms with Gasteiger partial charge in [-0.3, -0.25) is 4.98 Å². The van der Waals surface area contributed by atoms with Crippen molar-refractivity contribution >= 4 is 29.0 Å². The number of benzene rings is 2. The van der Waals surface area contributed by atoms with Gasteiger partial charge < -0.3 is 24.5 Å². The second kappa shape index (κ2) is 10.3. The minimum Gasteiger partial charge on any atom is -0.490 e. The maximum atomic E-state index is 11.2. The van der Waals surface area contributed by atoms with E-state index in [1.54, 1.807) is 30.5 Å². The number of ether oxygens (including phenoxy) is 1. The van der Waals surface area contributed by atoms with E-state index >= 15 is 0 Å². The molecule has 7 nitrogen and oxygen atoms in total. The molecule has 4 aromatic rings. The predicted octanol–water partition coefficient (Wildman–Crippen LogP) is 6.54. The van der Waals surface area contributed by atoms with Gasteiger partial charge >= 0.3 is 5.97 Å². The average Bonchev–Trinajstić information content (AvgIpc) is 3.70. The second-order valence-corrected chi connectivity index (χ2v) is 9.99. The summed E-state index contributed by atoms with van der Waals surface area (Å²) in [6, 6.07) is 23.9. The lowest BCUT2D eigenvalue weighted by Gasteiger charge is -2.26. The van der Waals surface area contributed by atoms with Crippen LogP contribution >= 0.6 is 12.2 Å². The lowest BCUT2D eigenvalue weighted by atomic mass is 10.0. The fourth-order valence-corrected chi connectivity index (χ4v) is 5.60. The molecule has 38 heavy (non-hydrogen) atoms. The third-order valence-electron chi connectivity index (χ3n) is 7.15. The summed E-state index contributed by atoms with van der Waals surface area (Å²) in [5.41, 5.74) is 2.80. The molecule has 2 aliphatic rings. The van der Waals surface area contributed by atoms with Gasteiger partial charge in [0.2, 0.25) is 0 Å². The number of hydrogen-bond acceptors (Lipinski definition) is 5. The number of nitrogens with zero attached hydrogens (tertiary/aromatic N) is 2. The van der Waals surface area contributed by atoms with Crippen LogP contribution in [0.25, 0.3) is 11.3 Å². The summed E-state index contributed by atoms with van der Waals surface area (Å²) >= 11 is 5.82. The topological polar surface area (TPSA) is 87.8 Å². The monoisotopic (exact) mass is 525 g/mol. The van der Waals surface area contributed by atoms with E-state index in [0.29, 0.717) is 17.0 Å². The molecule has 2 atom stereocenters. The first-order chi connectivity index (χ1) is 18.6. The molecule has 6 rings (SSSR count). The van der Waals surface area contributed by atoms with Gasteiger partial charge in [0, 0.05) is 17.4 Å². The molecule has 1 aliphatic heterocycles. The van der Waals surface area contributed by atoms with E-state index in [1.807, 2.05) is 54.6 Å². The Bertz CT molecular complexity index is 1430. The Morgan fingerprint density at radius 3 is 2.45 bits per heavy atom. The van der Waals surface area contributed by atoms with E-state index in [-0.39, 0.29) is 17.6 Å². The van der Waals surface area contributed by atoms with Crippen molar-refractivity contribution in [2.75, 3.05) is 4.90 Å². The first kappa shape index (κ1) is 24.2. The van der Waals surface area contributed by atoms with Crippen LogP contribution in [0.4, 0.5) is 5.69 Å². The Morgan fingerprint density at radius 1 is 1.00 bits per heavy atom. The summed E-state index contributed by atoms with van der Waals surface area (Å²) in [4.78, 5) is 17.9. The number of aromatic nitrogens is 1. The van der Waals surface area contributed by atoms with Gasteiger partial charge in [-0.1, -0.05) is 18.2 Å². The quantitative estimate of drug-likeness (QED) is 0.263. The largest absolute Gasteiger partial charge is 0.490 e. The molecular weight excluding hydrogens is 498 g/mol. The number of hydrogen-bond donors (Lipinski definition) is 2. The Morgan fingerprint density at radius 2 is 1.76 bits per heavy atom. The smallest absolute Gasteiger partial charge is 0.335 e. The van der Waals surface area contributed by atoms with Gasteiger partial charge in [-0.05, 0) is 98.6 Å². The van der Waals surface area contributed by atoms with Crippen molar-refractivity contribution in [3.8, 4) is 17.1 Å². The number of thiocarbonyl (C=S) groups is 1. The van der Waals surface area contributed by atoms with Gasteiger partial charge in [-0.25, -0.2) is 4.79 Å². The average molecular weight is 526 g/mol. The molecule has 2 aromatic carbocycles. The third kappa shape index (κ3) is 4.75. The molecule has 0 bridgehead atoms. The Kier molecular flexibility index (Phi) is 6.55. The van der Waals surface area contributed by atoms with Crippen LogP contribution in [0.5, 0.6) is 5.75 Å². The molecule has 1 saturated carbocycles. The highest BCUT2D eigenvalue weighted by Crippen LogP contribution is 2.43. The fraction of sp³-hybridized carbons (Fsp3) is 0.233. The second-order valence-electron chi connectivity index (χ2n) is 9.60. The van der Waals surface area contributed by atoms with Crippen molar-refractivity contribution in [2.24, 2.45) is 0 Å². The van der Waals surface area contributed by atoms with Crippen LogP contribution in [0.3, 0.4) is 0 Å². The van der Waals surface area contributed by atoms with Crippen molar-refractivity contribution < 1.29 is 19.1 Å². The molecular formula is C30H27N3O4S. The summed E-state index contributed by atoms with van der Waals surface area (Å²) in [6.07, 6.45) is 6.73. The maximum absolute atomic E-state index is 11.2. The van der Waals surface area contributed by atoms with Gasteiger partial charge in [-0.15, -0.1) is 0 Å². The molecule has 0 unspecified atom stereocenters. The van der Waals surface area contributed by atoms with Gasteiger partial charge in [0.05, 0.1) is 23.4 Å². The number of anilines is 1. The molecule has 3 heterocycles. The number of pyridine rings is 1. The van der Waals surface area contributed by atoms with Gasteiger partial charge in [0.25, 0.3) is 0 Å². The zero-order valence-electron chi connectivity index (χ0n) is 20.6. The summed E-state index contributed by atoms with van der Waals surface area (Å²) in [6.45, 7) is 0. The molecule has 0 spiro atoms. The van der Waals surface area contributed by atoms with Crippen molar-refractivity contribution in [1.82, 2.24) is 10.3 Å². The first-order valence-electron chi connectivity index (χ1n) is 12.8. The minimum atomic E-state index is -0.962. The fourth-order valence-electron chi connectivity index (χ4n) is 5.25. The van der Waals surface area contributed by atoms with Crippen LogP contribution in [0, 0.1) is 0 Å². The van der Waals surface area contributed by atoms with Crippen LogP contribution in [-0.2, 0) is 0 Å². The number of aromatic carboxylic acids is 1. The molecule has 0 amide bonds. The summed E-state index contributed by atoms with van der Waals surface area (Å²) in [7, 11) is 0. The number of nitrogens with one attached hydrogen (secondary N) is 1. The Hall–Kier alpha value is -4.17. The van der Waals surface area contributed by atoms with E-state index in [1.165, 1.54) is 12.8 Å². The van der Waals surface area contributed by atoms with Crippen LogP contribution in [0.2, 0.25) is 0 Å².